The van der Waals surface area contributed by atoms with E-state index in [0.717, 1.165) is 6.39 Å². The van der Waals surface area contributed by atoms with E-state index in [1.54, 1.807) is 0 Å². The Morgan fingerprint density at radius 2 is 2.71 bits per heavy atom. The highest BCUT2D eigenvalue weighted by Crippen LogP contribution is 1.80. The monoisotopic (exact) mass is 97.0 g/mol. The van der Waals surface area contributed by atoms with Gasteiger partial charge in [-0.3, -0.25) is 4.79 Å². The van der Waals surface area contributed by atoms with Gasteiger partial charge in [0.25, 0.3) is 12.2 Å². The maximum atomic E-state index is 9.55. The zero-order valence-electron chi connectivity index (χ0n) is 3.29. The van der Waals surface area contributed by atoms with Gasteiger partial charge >= 0.3 is 0 Å². The minimum Gasteiger partial charge on any atom is -0.421 e. The third kappa shape index (κ3) is 0.623. The van der Waals surface area contributed by atoms with Crippen molar-refractivity contribution in [3.05, 3.63) is 12.3 Å². The van der Waals surface area contributed by atoms with E-state index in [1.165, 1.54) is 6.29 Å². The van der Waals surface area contributed by atoms with Gasteiger partial charge < -0.3 is 4.42 Å². The van der Waals surface area contributed by atoms with Crippen molar-refractivity contribution < 1.29 is 9.21 Å². The molecule has 0 unspecified atom stereocenters. The fraction of sp³-hybridized carbons (Fsp3) is 0. The number of carbonyl (C=O) groups excluding carboxylic acids is 1. The van der Waals surface area contributed by atoms with Crippen LogP contribution in [0.3, 0.4) is 0 Å². The second-order valence-electron chi connectivity index (χ2n) is 0.846. The summed E-state index contributed by atoms with van der Waals surface area (Å²) in [6, 6.07) is 0. The molecule has 0 fully saturated rings. The highest BCUT2D eigenvalue weighted by Gasteiger charge is 1.90. The van der Waals surface area contributed by atoms with Gasteiger partial charge in [0.15, 0.2) is 0 Å². The standard InChI is InChI=1S/C3HN2O2/c6-1-3-5-4-2-7-3/h2H. The van der Waals surface area contributed by atoms with Crippen LogP contribution in [0.4, 0.5) is 0 Å². The Kier molecular flexibility index (Phi) is 0.856. The first kappa shape index (κ1) is 3.98. The van der Waals surface area contributed by atoms with Gasteiger partial charge in [0.2, 0.25) is 6.39 Å². The average Bonchev–Trinajstić information content (AvgIpc) is 2.14. The maximum Gasteiger partial charge on any atom is 0.295 e. The average molecular weight is 97.1 g/mol. The van der Waals surface area contributed by atoms with Crippen molar-refractivity contribution in [3.63, 3.8) is 0 Å². The summed E-state index contributed by atoms with van der Waals surface area (Å²) in [4.78, 5) is 9.55. The fourth-order valence-electron chi connectivity index (χ4n) is 0.218. The Hall–Kier alpha value is -1.19. The summed E-state index contributed by atoms with van der Waals surface area (Å²) in [6.07, 6.45) is 2.49. The van der Waals surface area contributed by atoms with Crippen LogP contribution in [-0.2, 0) is 4.79 Å². The van der Waals surface area contributed by atoms with Crippen LogP contribution in [0.5, 0.6) is 0 Å². The van der Waals surface area contributed by atoms with Gasteiger partial charge in [0.05, 0.1) is 0 Å². The Balaban J connectivity index is 2.96. The third-order valence-electron chi connectivity index (χ3n) is 0.447. The van der Waals surface area contributed by atoms with Crippen LogP contribution in [0.1, 0.15) is 5.89 Å². The van der Waals surface area contributed by atoms with Crippen LogP contribution in [0.25, 0.3) is 0 Å². The Morgan fingerprint density at radius 3 is 3.00 bits per heavy atom. The van der Waals surface area contributed by atoms with Crippen molar-refractivity contribution >= 4 is 6.29 Å². The minimum absolute atomic E-state index is 0.111. The summed E-state index contributed by atoms with van der Waals surface area (Å²) in [7, 11) is 0. The Bertz CT molecular complexity index is 146. The molecular formula is C3HN2O2. The van der Waals surface area contributed by atoms with Crippen LogP contribution in [-0.4, -0.2) is 16.5 Å². The summed E-state index contributed by atoms with van der Waals surface area (Å²) >= 11 is 0. The van der Waals surface area contributed by atoms with Gasteiger partial charge in [0, 0.05) is 0 Å². The van der Waals surface area contributed by atoms with Gasteiger partial charge in [-0.05, 0) is 0 Å². The van der Waals surface area contributed by atoms with Crippen LogP contribution >= 0.6 is 0 Å². The topological polar surface area (TPSA) is 56.0 Å². The molecule has 0 aliphatic rings. The van der Waals surface area contributed by atoms with Crippen LogP contribution in [0, 0.1) is 0 Å². The molecule has 0 aliphatic carbocycles. The third-order valence-corrected chi connectivity index (χ3v) is 0.447. The normalized spacial score (nSPS) is 8.57. The molecule has 1 rings (SSSR count). The van der Waals surface area contributed by atoms with E-state index >= 15 is 0 Å². The van der Waals surface area contributed by atoms with Gasteiger partial charge in [-0.1, -0.05) is 0 Å². The Morgan fingerprint density at radius 1 is 1.86 bits per heavy atom. The molecule has 0 saturated carbocycles. The Labute approximate surface area is 39.2 Å². The molecule has 4 heteroatoms. The van der Waals surface area contributed by atoms with E-state index in [4.69, 9.17) is 0 Å². The highest BCUT2D eigenvalue weighted by atomic mass is 16.4. The maximum absolute atomic E-state index is 9.55. The molecule has 1 heterocycles. The number of nitrogens with zero attached hydrogens (tertiary/aromatic N) is 2. The molecule has 0 aliphatic heterocycles. The molecular weight excluding hydrogens is 96.0 g/mol. The second-order valence-corrected chi connectivity index (χ2v) is 0.846. The summed E-state index contributed by atoms with van der Waals surface area (Å²) in [5.41, 5.74) is 0. The van der Waals surface area contributed by atoms with Crippen molar-refractivity contribution in [3.8, 4) is 0 Å². The predicted molar refractivity (Wildman–Crippen MR) is 19.1 cm³/mol. The smallest absolute Gasteiger partial charge is 0.295 e. The lowest BCUT2D eigenvalue weighted by molar-refractivity contribution is 0.509. The van der Waals surface area contributed by atoms with Crippen molar-refractivity contribution in [1.82, 2.24) is 10.2 Å². The lowest BCUT2D eigenvalue weighted by Crippen LogP contribution is -1.76. The van der Waals surface area contributed by atoms with Gasteiger partial charge in [-0.25, -0.2) is 0 Å². The van der Waals surface area contributed by atoms with Gasteiger partial charge in [-0.15, -0.1) is 10.2 Å². The molecule has 0 spiro atoms. The molecule has 0 aromatic carbocycles. The molecule has 1 radical (unpaired) electrons. The summed E-state index contributed by atoms with van der Waals surface area (Å²) in [6.45, 7) is 0. The summed E-state index contributed by atoms with van der Waals surface area (Å²) < 4.78 is 4.34. The molecule has 0 saturated heterocycles. The molecule has 7 heavy (non-hydrogen) atoms. The molecule has 0 atom stereocenters. The van der Waals surface area contributed by atoms with Crippen LogP contribution in [0.2, 0.25) is 0 Å². The highest BCUT2D eigenvalue weighted by molar-refractivity contribution is 5.67. The number of hydrogen-bond donors (Lipinski definition) is 0. The lowest BCUT2D eigenvalue weighted by Gasteiger charge is -1.62. The zero-order chi connectivity index (χ0) is 5.11. The largest absolute Gasteiger partial charge is 0.421 e. The molecule has 1 aromatic heterocycles. The van der Waals surface area contributed by atoms with E-state index in [2.05, 4.69) is 14.6 Å². The fourth-order valence-corrected chi connectivity index (χ4v) is 0.218. The molecule has 35 valence electrons. The van der Waals surface area contributed by atoms with E-state index in [0.29, 0.717) is 0 Å². The van der Waals surface area contributed by atoms with Gasteiger partial charge in [-0.2, -0.15) is 0 Å². The van der Waals surface area contributed by atoms with Gasteiger partial charge in [0.1, 0.15) is 0 Å². The predicted octanol–water partition coefficient (Wildman–Crippen LogP) is -0.473. The van der Waals surface area contributed by atoms with E-state index in [-0.39, 0.29) is 5.89 Å². The molecule has 1 aromatic rings. The minimum atomic E-state index is -0.111. The lowest BCUT2D eigenvalue weighted by atomic mass is 10.8. The zero-order valence-corrected chi connectivity index (χ0v) is 3.29. The summed E-state index contributed by atoms with van der Waals surface area (Å²) in [5.74, 6) is -0.111. The van der Waals surface area contributed by atoms with Crippen molar-refractivity contribution in [2.75, 3.05) is 0 Å². The van der Waals surface area contributed by atoms with Crippen molar-refractivity contribution in [2.24, 2.45) is 0 Å². The second kappa shape index (κ2) is 1.51. The first-order valence-electron chi connectivity index (χ1n) is 1.58. The van der Waals surface area contributed by atoms with Crippen LogP contribution in [0.15, 0.2) is 10.8 Å². The number of hydrogen-bond acceptors (Lipinski definition) is 4. The summed E-state index contributed by atoms with van der Waals surface area (Å²) in [5, 5.41) is 6.41. The first-order valence-corrected chi connectivity index (χ1v) is 1.58. The van der Waals surface area contributed by atoms with E-state index in [9.17, 15) is 4.79 Å². The SMILES string of the molecule is O=[C]c1nnco1. The van der Waals surface area contributed by atoms with E-state index in [1.807, 2.05) is 0 Å². The quantitative estimate of drug-likeness (QED) is 0.475. The molecule has 4 nitrogen and oxygen atoms in total. The molecule has 0 N–H and O–H groups in total. The van der Waals surface area contributed by atoms with Crippen molar-refractivity contribution in [2.45, 2.75) is 0 Å². The van der Waals surface area contributed by atoms with E-state index < -0.39 is 0 Å². The van der Waals surface area contributed by atoms with Crippen molar-refractivity contribution in [1.29, 1.82) is 0 Å². The molecule has 0 bridgehead atoms. The number of rotatable bonds is 1. The number of aromatic nitrogens is 2. The molecule has 0 amide bonds. The van der Waals surface area contributed by atoms with Crippen LogP contribution < -0.4 is 0 Å². The first-order chi connectivity index (χ1) is 3.43.